The van der Waals surface area contributed by atoms with Gasteiger partial charge in [-0.3, -0.25) is 0 Å². The molecule has 20 heavy (non-hydrogen) atoms. The minimum absolute atomic E-state index is 0.271. The smallest absolute Gasteiger partial charge is 0.133 e. The fourth-order valence-electron chi connectivity index (χ4n) is 1.84. The first-order valence-corrected chi connectivity index (χ1v) is 6.86. The molecule has 0 amide bonds. The molecule has 2 aromatic rings. The highest BCUT2D eigenvalue weighted by molar-refractivity contribution is 9.10. The predicted molar refractivity (Wildman–Crippen MR) is 77.6 cm³/mol. The first kappa shape index (κ1) is 14.9. The Morgan fingerprint density at radius 2 is 1.90 bits per heavy atom. The van der Waals surface area contributed by atoms with E-state index in [1.165, 1.54) is 6.07 Å². The van der Waals surface area contributed by atoms with Crippen LogP contribution in [0.3, 0.4) is 0 Å². The number of benzene rings is 2. The van der Waals surface area contributed by atoms with Crippen molar-refractivity contribution in [2.45, 2.75) is 13.1 Å². The van der Waals surface area contributed by atoms with E-state index >= 15 is 0 Å². The van der Waals surface area contributed by atoms with Gasteiger partial charge in [0.25, 0.3) is 0 Å². The second-order valence-electron chi connectivity index (χ2n) is 4.31. The van der Waals surface area contributed by atoms with Crippen molar-refractivity contribution in [3.8, 4) is 5.75 Å². The summed E-state index contributed by atoms with van der Waals surface area (Å²) in [5.74, 6) is -0.0878. The van der Waals surface area contributed by atoms with E-state index in [4.69, 9.17) is 4.74 Å². The van der Waals surface area contributed by atoms with Gasteiger partial charge in [-0.05, 0) is 51.8 Å². The van der Waals surface area contributed by atoms with Crippen LogP contribution in [0.15, 0.2) is 40.9 Å². The maximum atomic E-state index is 13.4. The normalized spacial score (nSPS) is 10.6. The molecule has 2 nitrogen and oxygen atoms in total. The molecule has 106 valence electrons. The first-order chi connectivity index (χ1) is 9.60. The van der Waals surface area contributed by atoms with Crippen LogP contribution in [-0.4, -0.2) is 7.11 Å². The van der Waals surface area contributed by atoms with Crippen LogP contribution in [0.1, 0.15) is 11.1 Å². The molecule has 0 aromatic heterocycles. The average Bonchev–Trinajstić information content (AvgIpc) is 2.43. The SMILES string of the molecule is COc1ccc(CNCc2cc(F)ccc2F)cc1Br. The summed E-state index contributed by atoms with van der Waals surface area (Å²) >= 11 is 3.40. The molecule has 0 bridgehead atoms. The van der Waals surface area contributed by atoms with Gasteiger partial charge in [-0.25, -0.2) is 8.78 Å². The van der Waals surface area contributed by atoms with Gasteiger partial charge in [0, 0.05) is 18.7 Å². The number of halogens is 3. The lowest BCUT2D eigenvalue weighted by Crippen LogP contribution is -2.14. The molecule has 0 spiro atoms. The Kier molecular flexibility index (Phi) is 5.09. The van der Waals surface area contributed by atoms with Crippen LogP contribution in [0.4, 0.5) is 8.78 Å². The van der Waals surface area contributed by atoms with E-state index < -0.39 is 11.6 Å². The molecule has 0 radical (unpaired) electrons. The highest BCUT2D eigenvalue weighted by atomic mass is 79.9. The van der Waals surface area contributed by atoms with Crippen molar-refractivity contribution in [1.82, 2.24) is 5.32 Å². The molecular formula is C15H14BrF2NO. The lowest BCUT2D eigenvalue weighted by molar-refractivity contribution is 0.412. The van der Waals surface area contributed by atoms with Crippen molar-refractivity contribution >= 4 is 15.9 Å². The molecule has 0 saturated heterocycles. The summed E-state index contributed by atoms with van der Waals surface area (Å²) in [4.78, 5) is 0. The molecule has 0 heterocycles. The standard InChI is InChI=1S/C15H14BrF2NO/c1-20-15-5-2-10(6-13(15)16)8-19-9-11-7-12(17)3-4-14(11)18/h2-7,19H,8-9H2,1H3. The third kappa shape index (κ3) is 3.77. The van der Waals surface area contributed by atoms with E-state index in [0.29, 0.717) is 12.1 Å². The summed E-state index contributed by atoms with van der Waals surface area (Å²) < 4.78 is 32.4. The highest BCUT2D eigenvalue weighted by Gasteiger charge is 2.04. The Hall–Kier alpha value is -1.46. The van der Waals surface area contributed by atoms with E-state index in [2.05, 4.69) is 21.2 Å². The minimum atomic E-state index is -0.435. The van der Waals surface area contributed by atoms with E-state index in [0.717, 1.165) is 27.9 Å². The van der Waals surface area contributed by atoms with E-state index in [1.54, 1.807) is 7.11 Å². The molecule has 0 aliphatic rings. The monoisotopic (exact) mass is 341 g/mol. The van der Waals surface area contributed by atoms with Gasteiger partial charge in [-0.2, -0.15) is 0 Å². The van der Waals surface area contributed by atoms with Crippen LogP contribution in [0.25, 0.3) is 0 Å². The van der Waals surface area contributed by atoms with Gasteiger partial charge >= 0.3 is 0 Å². The summed E-state index contributed by atoms with van der Waals surface area (Å²) in [6.45, 7) is 0.825. The first-order valence-electron chi connectivity index (χ1n) is 6.07. The quantitative estimate of drug-likeness (QED) is 0.886. The maximum Gasteiger partial charge on any atom is 0.133 e. The summed E-state index contributed by atoms with van der Waals surface area (Å²) in [5, 5.41) is 3.08. The molecule has 0 saturated carbocycles. The number of nitrogens with one attached hydrogen (secondary N) is 1. The Bertz CT molecular complexity index is 604. The van der Waals surface area contributed by atoms with Gasteiger partial charge in [0.05, 0.1) is 11.6 Å². The van der Waals surface area contributed by atoms with Crippen molar-refractivity contribution in [3.63, 3.8) is 0 Å². The zero-order valence-corrected chi connectivity index (χ0v) is 12.5. The molecule has 5 heteroatoms. The summed E-state index contributed by atoms with van der Waals surface area (Å²) in [6, 6.07) is 9.14. The number of ether oxygens (including phenoxy) is 1. The largest absolute Gasteiger partial charge is 0.496 e. The van der Waals surface area contributed by atoms with Crippen LogP contribution in [0.2, 0.25) is 0 Å². The topological polar surface area (TPSA) is 21.3 Å². The summed E-state index contributed by atoms with van der Waals surface area (Å²) in [7, 11) is 1.60. The van der Waals surface area contributed by atoms with Gasteiger partial charge < -0.3 is 10.1 Å². The second-order valence-corrected chi connectivity index (χ2v) is 5.16. The van der Waals surface area contributed by atoms with Crippen molar-refractivity contribution < 1.29 is 13.5 Å². The number of hydrogen-bond donors (Lipinski definition) is 1. The number of methoxy groups -OCH3 is 1. The molecule has 0 unspecified atom stereocenters. The minimum Gasteiger partial charge on any atom is -0.496 e. The van der Waals surface area contributed by atoms with Gasteiger partial charge in [0.15, 0.2) is 0 Å². The molecule has 0 aliphatic carbocycles. The lowest BCUT2D eigenvalue weighted by atomic mass is 10.2. The van der Waals surface area contributed by atoms with Crippen LogP contribution in [0.5, 0.6) is 5.75 Å². The van der Waals surface area contributed by atoms with Crippen LogP contribution >= 0.6 is 15.9 Å². The average molecular weight is 342 g/mol. The van der Waals surface area contributed by atoms with Crippen molar-refractivity contribution in [3.05, 3.63) is 63.6 Å². The predicted octanol–water partition coefficient (Wildman–Crippen LogP) is 4.03. The summed E-state index contributed by atoms with van der Waals surface area (Å²) in [6.07, 6.45) is 0. The molecule has 0 aliphatic heterocycles. The van der Waals surface area contributed by atoms with Crippen molar-refractivity contribution in [2.24, 2.45) is 0 Å². The molecule has 0 atom stereocenters. The zero-order chi connectivity index (χ0) is 14.5. The Morgan fingerprint density at radius 3 is 2.60 bits per heavy atom. The highest BCUT2D eigenvalue weighted by Crippen LogP contribution is 2.25. The fraction of sp³-hybridized carbons (Fsp3) is 0.200. The van der Waals surface area contributed by atoms with Crippen LogP contribution in [0, 0.1) is 11.6 Å². The fourth-order valence-corrected chi connectivity index (χ4v) is 2.43. The van der Waals surface area contributed by atoms with Crippen LogP contribution in [-0.2, 0) is 13.1 Å². The third-order valence-corrected chi connectivity index (χ3v) is 3.49. The molecule has 0 fully saturated rings. The Labute approximate surface area is 124 Å². The summed E-state index contributed by atoms with van der Waals surface area (Å²) in [5.41, 5.74) is 1.34. The second kappa shape index (κ2) is 6.81. The molecule has 2 rings (SSSR count). The van der Waals surface area contributed by atoms with E-state index in [9.17, 15) is 8.78 Å². The van der Waals surface area contributed by atoms with Crippen molar-refractivity contribution in [2.75, 3.05) is 7.11 Å². The Morgan fingerprint density at radius 1 is 1.10 bits per heavy atom. The number of hydrogen-bond acceptors (Lipinski definition) is 2. The number of rotatable bonds is 5. The van der Waals surface area contributed by atoms with E-state index in [1.807, 2.05) is 18.2 Å². The lowest BCUT2D eigenvalue weighted by Gasteiger charge is -2.08. The van der Waals surface area contributed by atoms with Gasteiger partial charge in [0.1, 0.15) is 17.4 Å². The molecule has 2 aromatic carbocycles. The van der Waals surface area contributed by atoms with Crippen molar-refractivity contribution in [1.29, 1.82) is 0 Å². The van der Waals surface area contributed by atoms with Gasteiger partial charge in [-0.1, -0.05) is 6.07 Å². The molecule has 1 N–H and O–H groups in total. The third-order valence-electron chi connectivity index (χ3n) is 2.87. The van der Waals surface area contributed by atoms with E-state index in [-0.39, 0.29) is 6.54 Å². The van der Waals surface area contributed by atoms with Gasteiger partial charge in [0.2, 0.25) is 0 Å². The molecular weight excluding hydrogens is 328 g/mol. The zero-order valence-electron chi connectivity index (χ0n) is 10.9. The maximum absolute atomic E-state index is 13.4. The van der Waals surface area contributed by atoms with Crippen LogP contribution < -0.4 is 10.1 Å². The van der Waals surface area contributed by atoms with Gasteiger partial charge in [-0.15, -0.1) is 0 Å². The Balaban J connectivity index is 1.96.